The second kappa shape index (κ2) is 14.2. The van der Waals surface area contributed by atoms with Crippen LogP contribution in [0.25, 0.3) is 27.8 Å². The molecule has 1 N–H and O–H groups in total. The summed E-state index contributed by atoms with van der Waals surface area (Å²) in [5.74, 6) is 2.42. The molecule has 6 aromatic rings. The van der Waals surface area contributed by atoms with Gasteiger partial charge in [0.15, 0.2) is 23.0 Å². The van der Waals surface area contributed by atoms with Crippen LogP contribution in [0, 0.1) is 0 Å². The average molecular weight is 672 g/mol. The fourth-order valence-corrected chi connectivity index (χ4v) is 6.30. The molecule has 1 aliphatic rings. The van der Waals surface area contributed by atoms with Crippen molar-refractivity contribution in [1.82, 2.24) is 30.1 Å². The standard InChI is InChI=1S/C38H37N7O5/c1-47-33-17-25-14-16-44(23-27(25)18-34(33)48-2)15-13-24-9-11-28(12-10-24)45-42-37(41-43-45)30-19-35(49-3)36(50-4)20-32(30)40-38(46)31-22-39-21-26-7-5-6-8-29(26)31/h5-12,17-22H,13-16,23H2,1-4H3,(H,40,46). The minimum Gasteiger partial charge on any atom is -0.493 e. The molecule has 3 heterocycles. The second-order valence-corrected chi connectivity index (χ2v) is 11.9. The highest BCUT2D eigenvalue weighted by atomic mass is 16.5. The number of benzene rings is 4. The molecule has 7 rings (SSSR count). The molecular weight excluding hydrogens is 634 g/mol. The molecule has 4 aromatic carbocycles. The highest BCUT2D eigenvalue weighted by molar-refractivity contribution is 6.13. The number of amides is 1. The number of methoxy groups -OCH3 is 4. The Hall–Kier alpha value is -6.01. The molecule has 0 radical (unpaired) electrons. The number of ether oxygens (including phenoxy) is 4. The number of nitrogens with one attached hydrogen (secondary N) is 1. The quantitative estimate of drug-likeness (QED) is 0.182. The van der Waals surface area contributed by atoms with Crippen molar-refractivity contribution < 1.29 is 23.7 Å². The maximum Gasteiger partial charge on any atom is 0.257 e. The Bertz CT molecular complexity index is 2160. The maximum absolute atomic E-state index is 13.6. The number of tetrazole rings is 1. The van der Waals surface area contributed by atoms with Gasteiger partial charge in [-0.2, -0.15) is 0 Å². The average Bonchev–Trinajstić information content (AvgIpc) is 3.66. The van der Waals surface area contributed by atoms with Gasteiger partial charge >= 0.3 is 0 Å². The van der Waals surface area contributed by atoms with Gasteiger partial charge < -0.3 is 24.3 Å². The molecule has 0 unspecified atom stereocenters. The van der Waals surface area contributed by atoms with E-state index in [1.165, 1.54) is 28.6 Å². The molecule has 1 aliphatic heterocycles. The fourth-order valence-electron chi connectivity index (χ4n) is 6.30. The molecule has 0 aliphatic carbocycles. The van der Waals surface area contributed by atoms with Crippen LogP contribution in [-0.4, -0.2) is 77.5 Å². The first kappa shape index (κ1) is 32.5. The lowest BCUT2D eigenvalue weighted by molar-refractivity contribution is 0.102. The van der Waals surface area contributed by atoms with Crippen LogP contribution in [0.5, 0.6) is 23.0 Å². The van der Waals surface area contributed by atoms with Crippen LogP contribution in [0.1, 0.15) is 27.0 Å². The van der Waals surface area contributed by atoms with Crippen LogP contribution >= 0.6 is 0 Å². The number of anilines is 1. The van der Waals surface area contributed by atoms with Crippen molar-refractivity contribution in [3.63, 3.8) is 0 Å². The van der Waals surface area contributed by atoms with E-state index in [4.69, 9.17) is 18.9 Å². The lowest BCUT2D eigenvalue weighted by Gasteiger charge is -2.29. The zero-order chi connectivity index (χ0) is 34.6. The van der Waals surface area contributed by atoms with Gasteiger partial charge in [0, 0.05) is 43.5 Å². The number of hydrogen-bond acceptors (Lipinski definition) is 10. The Labute approximate surface area is 289 Å². The Morgan fingerprint density at radius 1 is 0.820 bits per heavy atom. The molecule has 12 nitrogen and oxygen atoms in total. The minimum absolute atomic E-state index is 0.306. The molecule has 0 fully saturated rings. The lowest BCUT2D eigenvalue weighted by Crippen LogP contribution is -2.32. The highest BCUT2D eigenvalue weighted by Crippen LogP contribution is 2.38. The van der Waals surface area contributed by atoms with Gasteiger partial charge in [-0.15, -0.1) is 15.0 Å². The van der Waals surface area contributed by atoms with E-state index in [1.807, 2.05) is 36.4 Å². The number of hydrogen-bond donors (Lipinski definition) is 1. The molecule has 0 saturated heterocycles. The van der Waals surface area contributed by atoms with Gasteiger partial charge in [-0.05, 0) is 70.5 Å². The lowest BCUT2D eigenvalue weighted by atomic mass is 9.98. The van der Waals surface area contributed by atoms with E-state index in [2.05, 4.69) is 54.9 Å². The summed E-state index contributed by atoms with van der Waals surface area (Å²) in [5, 5.41) is 18.0. The molecule has 1 amide bonds. The number of nitrogens with zero attached hydrogens (tertiary/aromatic N) is 6. The molecule has 12 heteroatoms. The molecule has 254 valence electrons. The number of pyridine rings is 1. The number of fused-ring (bicyclic) bond motifs is 2. The van der Waals surface area contributed by atoms with Gasteiger partial charge in [0.1, 0.15) is 0 Å². The smallest absolute Gasteiger partial charge is 0.257 e. The van der Waals surface area contributed by atoms with E-state index in [0.717, 1.165) is 60.4 Å². The first-order valence-electron chi connectivity index (χ1n) is 16.2. The summed E-state index contributed by atoms with van der Waals surface area (Å²) >= 11 is 0. The van der Waals surface area contributed by atoms with E-state index in [-0.39, 0.29) is 5.91 Å². The predicted molar refractivity (Wildman–Crippen MR) is 190 cm³/mol. The van der Waals surface area contributed by atoms with E-state index >= 15 is 0 Å². The Morgan fingerprint density at radius 3 is 2.28 bits per heavy atom. The van der Waals surface area contributed by atoms with Crippen molar-refractivity contribution in [1.29, 1.82) is 0 Å². The summed E-state index contributed by atoms with van der Waals surface area (Å²) in [6.07, 6.45) is 5.16. The third kappa shape index (κ3) is 6.52. The van der Waals surface area contributed by atoms with Crippen molar-refractivity contribution in [3.05, 3.63) is 107 Å². The molecule has 0 saturated carbocycles. The third-order valence-corrected chi connectivity index (χ3v) is 9.02. The Kier molecular flexibility index (Phi) is 9.26. The van der Waals surface area contributed by atoms with E-state index in [1.54, 1.807) is 45.9 Å². The summed E-state index contributed by atoms with van der Waals surface area (Å²) in [7, 11) is 6.43. The van der Waals surface area contributed by atoms with Gasteiger partial charge in [-0.25, -0.2) is 0 Å². The van der Waals surface area contributed by atoms with Crippen molar-refractivity contribution in [2.75, 3.05) is 46.8 Å². The van der Waals surface area contributed by atoms with Gasteiger partial charge in [-0.3, -0.25) is 14.7 Å². The molecule has 0 atom stereocenters. The van der Waals surface area contributed by atoms with Crippen molar-refractivity contribution in [2.24, 2.45) is 0 Å². The zero-order valence-electron chi connectivity index (χ0n) is 28.3. The van der Waals surface area contributed by atoms with Crippen LogP contribution in [0.15, 0.2) is 85.2 Å². The van der Waals surface area contributed by atoms with Crippen molar-refractivity contribution in [2.45, 2.75) is 19.4 Å². The van der Waals surface area contributed by atoms with Crippen molar-refractivity contribution >= 4 is 22.4 Å². The van der Waals surface area contributed by atoms with Gasteiger partial charge in [-0.1, -0.05) is 36.4 Å². The third-order valence-electron chi connectivity index (χ3n) is 9.02. The summed E-state index contributed by atoms with van der Waals surface area (Å²) in [6.45, 7) is 2.79. The zero-order valence-corrected chi connectivity index (χ0v) is 28.3. The van der Waals surface area contributed by atoms with Gasteiger partial charge in [0.25, 0.3) is 5.91 Å². The van der Waals surface area contributed by atoms with Crippen LogP contribution in [0.2, 0.25) is 0 Å². The maximum atomic E-state index is 13.6. The molecule has 0 bridgehead atoms. The number of rotatable bonds is 11. The topological polar surface area (TPSA) is 126 Å². The Morgan fingerprint density at radius 2 is 1.52 bits per heavy atom. The van der Waals surface area contributed by atoms with Crippen molar-refractivity contribution in [3.8, 4) is 40.1 Å². The monoisotopic (exact) mass is 671 g/mol. The summed E-state index contributed by atoms with van der Waals surface area (Å²) < 4.78 is 22.1. The van der Waals surface area contributed by atoms with Crippen LogP contribution in [0.3, 0.4) is 0 Å². The molecule has 0 spiro atoms. The van der Waals surface area contributed by atoms with E-state index in [0.29, 0.717) is 34.1 Å². The fraction of sp³-hybridized carbons (Fsp3) is 0.237. The molecule has 50 heavy (non-hydrogen) atoms. The second-order valence-electron chi connectivity index (χ2n) is 11.9. The number of aromatic nitrogens is 5. The first-order valence-corrected chi connectivity index (χ1v) is 16.2. The highest BCUT2D eigenvalue weighted by Gasteiger charge is 2.22. The summed E-state index contributed by atoms with van der Waals surface area (Å²) in [5.41, 5.74) is 5.95. The molecule has 2 aromatic heterocycles. The van der Waals surface area contributed by atoms with Gasteiger partial charge in [0.05, 0.1) is 50.9 Å². The predicted octanol–water partition coefficient (Wildman–Crippen LogP) is 5.77. The largest absolute Gasteiger partial charge is 0.493 e. The van der Waals surface area contributed by atoms with Crippen LogP contribution in [0.4, 0.5) is 5.69 Å². The number of carbonyl (C=O) groups excluding carboxylic acids is 1. The Balaban J connectivity index is 1.07. The SMILES string of the molecule is COc1cc2c(cc1OC)CN(CCc1ccc(-n3nnc(-c4cc(OC)c(OC)cc4NC(=O)c4cncc5ccccc45)n3)cc1)CC2. The summed E-state index contributed by atoms with van der Waals surface area (Å²) in [4.78, 5) is 21.8. The summed E-state index contributed by atoms with van der Waals surface area (Å²) in [6, 6.07) is 23.3. The van der Waals surface area contributed by atoms with Crippen LogP contribution in [-0.2, 0) is 19.4 Å². The minimum atomic E-state index is -0.334. The number of carbonyl (C=O) groups is 1. The van der Waals surface area contributed by atoms with Gasteiger partial charge in [0.2, 0.25) is 5.82 Å². The molecular formula is C38H37N7O5. The normalized spacial score (nSPS) is 12.7. The van der Waals surface area contributed by atoms with E-state index in [9.17, 15) is 4.79 Å². The van der Waals surface area contributed by atoms with E-state index < -0.39 is 0 Å². The first-order chi connectivity index (χ1) is 24.5. The van der Waals surface area contributed by atoms with Crippen LogP contribution < -0.4 is 24.3 Å².